The second-order valence-electron chi connectivity index (χ2n) is 6.87. The predicted molar refractivity (Wildman–Crippen MR) is 95.5 cm³/mol. The molecule has 1 aromatic heterocycles. The number of likely N-dealkylation sites (N-methyl/N-ethyl adjacent to an activating group) is 1. The van der Waals surface area contributed by atoms with Crippen molar-refractivity contribution in [1.29, 1.82) is 0 Å². The van der Waals surface area contributed by atoms with Crippen LogP contribution in [0.3, 0.4) is 0 Å². The van der Waals surface area contributed by atoms with E-state index in [-0.39, 0.29) is 12.5 Å². The minimum Gasteiger partial charge on any atom is -0.336 e. The molecule has 0 aromatic carbocycles. The van der Waals surface area contributed by atoms with Crippen molar-refractivity contribution in [3.8, 4) is 0 Å². The number of amides is 1. The Hall–Kier alpha value is -0.920. The second kappa shape index (κ2) is 7.54. The standard InChI is InChI=1S/C17H26N2O3S2/c1-18(24(21,22)17-11-6-12-23-17)13-16(20)19(14-7-2-3-8-14)15-9-4-5-10-15/h6,11-12,14-15H,2-5,7-10,13H2,1H3. The fourth-order valence-corrected chi connectivity index (χ4v) is 6.31. The van der Waals surface area contributed by atoms with Gasteiger partial charge in [-0.3, -0.25) is 4.79 Å². The van der Waals surface area contributed by atoms with Crippen molar-refractivity contribution in [3.05, 3.63) is 17.5 Å². The van der Waals surface area contributed by atoms with Gasteiger partial charge in [0, 0.05) is 19.1 Å². The Balaban J connectivity index is 1.73. The van der Waals surface area contributed by atoms with Crippen molar-refractivity contribution < 1.29 is 13.2 Å². The van der Waals surface area contributed by atoms with Gasteiger partial charge in [-0.1, -0.05) is 31.7 Å². The molecule has 2 saturated carbocycles. The Kier molecular flexibility index (Phi) is 5.62. The summed E-state index contributed by atoms with van der Waals surface area (Å²) in [6.45, 7) is -0.0623. The zero-order valence-electron chi connectivity index (χ0n) is 14.2. The second-order valence-corrected chi connectivity index (χ2v) is 10.1. The van der Waals surface area contributed by atoms with E-state index >= 15 is 0 Å². The maximum atomic E-state index is 13.0. The van der Waals surface area contributed by atoms with Gasteiger partial charge in [0.05, 0.1) is 6.54 Å². The third kappa shape index (κ3) is 3.68. The van der Waals surface area contributed by atoms with Crippen LogP contribution in [0.2, 0.25) is 0 Å². The van der Waals surface area contributed by atoms with E-state index in [1.54, 1.807) is 17.5 Å². The number of carbonyl (C=O) groups excluding carboxylic acids is 1. The lowest BCUT2D eigenvalue weighted by atomic mass is 10.1. The van der Waals surface area contributed by atoms with Crippen LogP contribution in [-0.4, -0.2) is 49.2 Å². The molecule has 1 aromatic rings. The third-order valence-electron chi connectivity index (χ3n) is 5.24. The van der Waals surface area contributed by atoms with E-state index in [2.05, 4.69) is 0 Å². The minimum absolute atomic E-state index is 0.0311. The molecule has 1 amide bonds. The summed E-state index contributed by atoms with van der Waals surface area (Å²) in [5.74, 6) is -0.0311. The third-order valence-corrected chi connectivity index (χ3v) is 8.42. The Morgan fingerprint density at radius 2 is 1.67 bits per heavy atom. The molecule has 0 radical (unpaired) electrons. The van der Waals surface area contributed by atoms with Gasteiger partial charge in [0.15, 0.2) is 0 Å². The number of rotatable bonds is 6. The SMILES string of the molecule is CN(CC(=O)N(C1CCCC1)C1CCCC1)S(=O)(=O)c1cccs1. The van der Waals surface area contributed by atoms with Crippen LogP contribution in [0.4, 0.5) is 0 Å². The van der Waals surface area contributed by atoms with E-state index in [1.165, 1.54) is 48.4 Å². The van der Waals surface area contributed by atoms with E-state index in [0.717, 1.165) is 25.7 Å². The summed E-state index contributed by atoms with van der Waals surface area (Å²) < 4.78 is 26.6. The molecule has 3 rings (SSSR count). The van der Waals surface area contributed by atoms with Gasteiger partial charge in [0.2, 0.25) is 5.91 Å². The van der Waals surface area contributed by atoms with Gasteiger partial charge in [0.1, 0.15) is 4.21 Å². The topological polar surface area (TPSA) is 57.7 Å². The first-order valence-electron chi connectivity index (χ1n) is 8.81. The minimum atomic E-state index is -3.57. The number of nitrogens with zero attached hydrogens (tertiary/aromatic N) is 2. The van der Waals surface area contributed by atoms with Crippen LogP contribution >= 0.6 is 11.3 Å². The van der Waals surface area contributed by atoms with Gasteiger partial charge in [-0.05, 0) is 37.1 Å². The summed E-state index contributed by atoms with van der Waals surface area (Å²) in [6.07, 6.45) is 8.92. The molecule has 0 saturated heterocycles. The Bertz CT molecular complexity index is 629. The van der Waals surface area contributed by atoms with Gasteiger partial charge < -0.3 is 4.90 Å². The van der Waals surface area contributed by atoms with Crippen molar-refractivity contribution >= 4 is 27.3 Å². The molecule has 0 aliphatic heterocycles. The van der Waals surface area contributed by atoms with Crippen LogP contribution in [0.1, 0.15) is 51.4 Å². The van der Waals surface area contributed by atoms with Crippen LogP contribution in [0.25, 0.3) is 0 Å². The first kappa shape index (κ1) is 17.9. The van der Waals surface area contributed by atoms with Crippen molar-refractivity contribution in [2.24, 2.45) is 0 Å². The predicted octanol–water partition coefficient (Wildman–Crippen LogP) is 3.08. The first-order chi connectivity index (χ1) is 11.5. The van der Waals surface area contributed by atoms with Gasteiger partial charge >= 0.3 is 0 Å². The molecular formula is C17H26N2O3S2. The van der Waals surface area contributed by atoms with Crippen LogP contribution in [0, 0.1) is 0 Å². The molecule has 2 aliphatic rings. The Labute approximate surface area is 148 Å². The maximum Gasteiger partial charge on any atom is 0.252 e. The van der Waals surface area contributed by atoms with Gasteiger partial charge in [-0.15, -0.1) is 11.3 Å². The Morgan fingerprint density at radius 3 is 2.12 bits per heavy atom. The van der Waals surface area contributed by atoms with Crippen molar-refractivity contribution in [2.75, 3.05) is 13.6 Å². The van der Waals surface area contributed by atoms with Crippen LogP contribution < -0.4 is 0 Å². The number of sulfonamides is 1. The number of thiophene rings is 1. The van der Waals surface area contributed by atoms with Crippen LogP contribution in [-0.2, 0) is 14.8 Å². The molecule has 2 aliphatic carbocycles. The van der Waals surface area contributed by atoms with Gasteiger partial charge in [-0.25, -0.2) is 8.42 Å². The highest BCUT2D eigenvalue weighted by molar-refractivity contribution is 7.91. The molecule has 1 heterocycles. The van der Waals surface area contributed by atoms with E-state index in [0.29, 0.717) is 16.3 Å². The zero-order valence-corrected chi connectivity index (χ0v) is 15.8. The lowest BCUT2D eigenvalue weighted by molar-refractivity contribution is -0.136. The number of hydrogen-bond donors (Lipinski definition) is 0. The molecule has 24 heavy (non-hydrogen) atoms. The lowest BCUT2D eigenvalue weighted by Crippen LogP contribution is -2.49. The quantitative estimate of drug-likeness (QED) is 0.773. The van der Waals surface area contributed by atoms with Crippen molar-refractivity contribution in [2.45, 2.75) is 67.7 Å². The highest BCUT2D eigenvalue weighted by Crippen LogP contribution is 2.32. The van der Waals surface area contributed by atoms with Crippen molar-refractivity contribution in [3.63, 3.8) is 0 Å². The molecular weight excluding hydrogens is 344 g/mol. The molecule has 5 nitrogen and oxygen atoms in total. The highest BCUT2D eigenvalue weighted by atomic mass is 32.2. The molecule has 0 unspecified atom stereocenters. The van der Waals surface area contributed by atoms with Gasteiger partial charge in [-0.2, -0.15) is 4.31 Å². The summed E-state index contributed by atoms with van der Waals surface area (Å²) >= 11 is 1.19. The average molecular weight is 371 g/mol. The summed E-state index contributed by atoms with van der Waals surface area (Å²) in [6, 6.07) is 3.92. The lowest BCUT2D eigenvalue weighted by Gasteiger charge is -2.35. The van der Waals surface area contributed by atoms with Crippen molar-refractivity contribution in [1.82, 2.24) is 9.21 Å². The molecule has 134 valence electrons. The molecule has 7 heteroatoms. The van der Waals surface area contributed by atoms with Crippen LogP contribution in [0.15, 0.2) is 21.7 Å². The van der Waals surface area contributed by atoms with Crippen LogP contribution in [0.5, 0.6) is 0 Å². The summed E-state index contributed by atoms with van der Waals surface area (Å²) in [4.78, 5) is 15.0. The Morgan fingerprint density at radius 1 is 1.12 bits per heavy atom. The molecule has 0 spiro atoms. The van der Waals surface area contributed by atoms with E-state index in [9.17, 15) is 13.2 Å². The normalized spacial score (nSPS) is 20.1. The number of carbonyl (C=O) groups is 1. The average Bonchev–Trinajstić information content (AvgIpc) is 3.31. The fraction of sp³-hybridized carbons (Fsp3) is 0.706. The molecule has 0 N–H and O–H groups in total. The highest BCUT2D eigenvalue weighted by Gasteiger charge is 2.35. The summed E-state index contributed by atoms with van der Waals surface area (Å²) in [7, 11) is -2.06. The molecule has 0 bridgehead atoms. The van der Waals surface area contributed by atoms with E-state index < -0.39 is 10.0 Å². The first-order valence-corrected chi connectivity index (χ1v) is 11.1. The van der Waals surface area contributed by atoms with E-state index in [4.69, 9.17) is 0 Å². The molecule has 2 fully saturated rings. The summed E-state index contributed by atoms with van der Waals surface area (Å²) in [5, 5.41) is 1.74. The summed E-state index contributed by atoms with van der Waals surface area (Å²) in [5.41, 5.74) is 0. The molecule has 0 atom stereocenters. The number of hydrogen-bond acceptors (Lipinski definition) is 4. The fourth-order valence-electron chi connectivity index (χ4n) is 3.99. The smallest absolute Gasteiger partial charge is 0.252 e. The maximum absolute atomic E-state index is 13.0. The monoisotopic (exact) mass is 370 g/mol. The van der Waals surface area contributed by atoms with E-state index in [1.807, 2.05) is 4.90 Å². The zero-order chi connectivity index (χ0) is 17.2. The van der Waals surface area contributed by atoms with Gasteiger partial charge in [0.25, 0.3) is 10.0 Å². The largest absolute Gasteiger partial charge is 0.336 e.